The Labute approximate surface area is 459 Å². The van der Waals surface area contributed by atoms with Crippen LogP contribution in [0.3, 0.4) is 0 Å². The molecule has 0 saturated carbocycles. The van der Waals surface area contributed by atoms with E-state index in [0.29, 0.717) is 11.3 Å². The molecule has 0 unspecified atom stereocenters. The van der Waals surface area contributed by atoms with Crippen LogP contribution in [0.15, 0.2) is 41.8 Å². The van der Waals surface area contributed by atoms with Crippen molar-refractivity contribution in [2.45, 2.75) is 152 Å². The first-order valence-corrected chi connectivity index (χ1v) is 25.8. The number of nitrogens with one attached hydrogen (secondary N) is 8. The number of carboxylic acids is 2. The molecule has 442 valence electrons. The second-order valence-corrected chi connectivity index (χ2v) is 19.3. The molecule has 11 atom stereocenters. The predicted octanol–water partition coefficient (Wildman–Crippen LogP) is -5.70. The molecule has 1 saturated heterocycles. The number of amides is 9. The number of aromatic hydroxyl groups is 1. The molecular weight excluding hydrogens is 1050 g/mol. The number of rotatable bonds is 34. The average Bonchev–Trinajstić information content (AvgIpc) is 4.13. The van der Waals surface area contributed by atoms with Crippen LogP contribution in [0.1, 0.15) is 89.8 Å². The van der Waals surface area contributed by atoms with Crippen LogP contribution in [0, 0.1) is 5.92 Å². The number of benzene rings is 1. The number of nitrogens with zero attached hydrogens (tertiary/aromatic N) is 3. The van der Waals surface area contributed by atoms with Crippen molar-refractivity contribution < 1.29 is 78.3 Å². The number of H-pyrrole nitrogens is 1. The molecule has 1 aliphatic rings. The molecular formula is C49H75N15O16. The SMILES string of the molecule is CC[C@H](C)[C@H](NC(=O)[C@H](CCC(=O)O)NC(=O)[C@H](CCCN=C(N)N)NC(=O)[C@H](CO)NC(=O)[C@H](Cc1cnc[nH]1)NC(=O)[C@@H](N)CCC(N)=O)C(=O)N1CCC[C@H]1C(=O)N[C@@H](Cc1ccc(O)cc1)C(=O)N[C@H](C(=O)O)[C@@H](C)O. The number of carbonyl (C=O) groups excluding carboxylic acids is 9. The normalized spacial score (nSPS) is 16.7. The highest BCUT2D eigenvalue weighted by molar-refractivity contribution is 5.98. The highest BCUT2D eigenvalue weighted by Gasteiger charge is 2.42. The number of aromatic nitrogens is 2. The number of phenols is 1. The van der Waals surface area contributed by atoms with Crippen LogP contribution >= 0.6 is 0 Å². The van der Waals surface area contributed by atoms with Gasteiger partial charge in [0.15, 0.2) is 12.0 Å². The molecule has 80 heavy (non-hydrogen) atoms. The van der Waals surface area contributed by atoms with Gasteiger partial charge in [0, 0.05) is 50.7 Å². The number of carbonyl (C=O) groups is 11. The minimum atomic E-state index is -1.79. The average molecular weight is 1130 g/mol. The van der Waals surface area contributed by atoms with Gasteiger partial charge in [0.1, 0.15) is 48.0 Å². The third-order valence-electron chi connectivity index (χ3n) is 13.0. The zero-order valence-electron chi connectivity index (χ0n) is 44.6. The summed E-state index contributed by atoms with van der Waals surface area (Å²) >= 11 is 0. The Bertz CT molecular complexity index is 2490. The summed E-state index contributed by atoms with van der Waals surface area (Å²) in [4.78, 5) is 158. The molecule has 21 N–H and O–H groups in total. The maximum absolute atomic E-state index is 14.6. The highest BCUT2D eigenvalue weighted by atomic mass is 16.4. The molecule has 1 aromatic heterocycles. The van der Waals surface area contributed by atoms with Crippen LogP contribution in [0.4, 0.5) is 0 Å². The van der Waals surface area contributed by atoms with Crippen molar-refractivity contribution in [1.29, 1.82) is 0 Å². The Kier molecular flexibility index (Phi) is 26.7. The van der Waals surface area contributed by atoms with Gasteiger partial charge in [-0.1, -0.05) is 32.4 Å². The first kappa shape index (κ1) is 65.8. The Morgan fingerprint density at radius 2 is 1.30 bits per heavy atom. The number of likely N-dealkylation sites (tertiary alicyclic amines) is 1. The van der Waals surface area contributed by atoms with E-state index >= 15 is 0 Å². The first-order valence-electron chi connectivity index (χ1n) is 25.8. The summed E-state index contributed by atoms with van der Waals surface area (Å²) in [5, 5.41) is 66.5. The van der Waals surface area contributed by atoms with E-state index in [1.807, 2.05) is 0 Å². The standard InChI is InChI=1S/C49H75N15O16/c1-4-24(2)38(47(78)64-18-6-8-35(64)46(77)60-32(19-26-9-11-28(67)12-10-26)44(75)63-39(25(3)66)48(79)80)62-42(73)31(14-16-37(69)70)58-41(72)30(7-5-17-55-49(52)53)57-45(76)34(22-65)61-43(74)33(20-27-21-54-23-56-27)59-40(71)29(50)13-15-36(51)68/h9-12,21,23-25,29-35,38-39,65-67H,4-8,13-20,22,50H2,1-3H3,(H2,51,68)(H,54,56)(H,57,76)(H,58,72)(H,59,71)(H,60,77)(H,61,74)(H,62,73)(H,63,75)(H,69,70)(H,79,80)(H4,52,53,55)/t24-,25+,29-,30-,31-,32-,33-,34-,35-,38-,39-/m0/s1. The van der Waals surface area contributed by atoms with Crippen LogP contribution in [0.25, 0.3) is 0 Å². The zero-order valence-corrected chi connectivity index (χ0v) is 44.6. The number of hydrogen-bond donors (Lipinski definition) is 17. The second kappa shape index (κ2) is 32.5. The third-order valence-corrected chi connectivity index (χ3v) is 13.0. The summed E-state index contributed by atoms with van der Waals surface area (Å²) in [6, 6.07) is -8.06. The summed E-state index contributed by atoms with van der Waals surface area (Å²) in [6.07, 6.45) is -0.568. The summed E-state index contributed by atoms with van der Waals surface area (Å²) in [6.45, 7) is 3.34. The minimum absolute atomic E-state index is 0.000514. The predicted molar refractivity (Wildman–Crippen MR) is 281 cm³/mol. The van der Waals surface area contributed by atoms with Gasteiger partial charge in [-0.3, -0.25) is 52.9 Å². The second-order valence-electron chi connectivity index (χ2n) is 19.3. The van der Waals surface area contributed by atoms with Gasteiger partial charge in [0.25, 0.3) is 0 Å². The molecule has 2 aromatic rings. The Balaban J connectivity index is 1.89. The number of aromatic amines is 1. The van der Waals surface area contributed by atoms with Gasteiger partial charge >= 0.3 is 11.9 Å². The van der Waals surface area contributed by atoms with Gasteiger partial charge < -0.3 is 95.6 Å². The molecule has 1 aliphatic heterocycles. The van der Waals surface area contributed by atoms with Gasteiger partial charge in [-0.2, -0.15) is 0 Å². The van der Waals surface area contributed by atoms with Crippen LogP contribution in [0.5, 0.6) is 5.75 Å². The molecule has 3 rings (SSSR count). The molecule has 31 nitrogen and oxygen atoms in total. The maximum atomic E-state index is 14.6. The number of aliphatic imine (C=N–C) groups is 1. The van der Waals surface area contributed by atoms with Crippen LogP contribution < -0.4 is 60.2 Å². The summed E-state index contributed by atoms with van der Waals surface area (Å²) in [5.74, 6) is -12.4. The first-order chi connectivity index (χ1) is 37.8. The van der Waals surface area contributed by atoms with E-state index in [1.54, 1.807) is 13.8 Å². The van der Waals surface area contributed by atoms with Crippen LogP contribution in [-0.4, -0.2) is 192 Å². The number of primary amides is 1. The highest BCUT2D eigenvalue weighted by Crippen LogP contribution is 2.23. The molecule has 0 radical (unpaired) electrons. The molecule has 9 amide bonds. The molecule has 0 aliphatic carbocycles. The largest absolute Gasteiger partial charge is 0.508 e. The van der Waals surface area contributed by atoms with Gasteiger partial charge in [0.05, 0.1) is 25.1 Å². The lowest BCUT2D eigenvalue weighted by molar-refractivity contribution is -0.146. The summed E-state index contributed by atoms with van der Waals surface area (Å²) in [5.41, 5.74) is 22.8. The minimum Gasteiger partial charge on any atom is -0.508 e. The topological polar surface area (TPSA) is 521 Å². The quantitative estimate of drug-likeness (QED) is 0.0176. The Morgan fingerprint density at radius 3 is 1.86 bits per heavy atom. The number of carboxylic acid groups (broad SMARTS) is 2. The third kappa shape index (κ3) is 21.4. The fraction of sp³-hybridized carbons (Fsp3) is 0.571. The van der Waals surface area contributed by atoms with E-state index < -0.39 is 151 Å². The summed E-state index contributed by atoms with van der Waals surface area (Å²) in [7, 11) is 0. The maximum Gasteiger partial charge on any atom is 0.328 e. The van der Waals surface area contributed by atoms with E-state index in [4.69, 9.17) is 22.9 Å². The van der Waals surface area contributed by atoms with Crippen molar-refractivity contribution >= 4 is 71.1 Å². The van der Waals surface area contributed by atoms with E-state index in [1.165, 1.54) is 41.7 Å². The lowest BCUT2D eigenvalue weighted by Gasteiger charge is -2.33. The number of aliphatic hydroxyl groups is 2. The van der Waals surface area contributed by atoms with Crippen molar-refractivity contribution in [1.82, 2.24) is 52.1 Å². The fourth-order valence-electron chi connectivity index (χ4n) is 8.26. The number of nitrogens with two attached hydrogens (primary N) is 4. The van der Waals surface area contributed by atoms with Gasteiger partial charge in [-0.15, -0.1) is 0 Å². The smallest absolute Gasteiger partial charge is 0.328 e. The van der Waals surface area contributed by atoms with Crippen molar-refractivity contribution in [2.24, 2.45) is 33.8 Å². The van der Waals surface area contributed by atoms with E-state index in [-0.39, 0.29) is 82.6 Å². The van der Waals surface area contributed by atoms with Crippen molar-refractivity contribution in [2.75, 3.05) is 19.7 Å². The molecule has 2 heterocycles. The van der Waals surface area contributed by atoms with E-state index in [9.17, 15) is 78.3 Å². The number of guanidine groups is 1. The van der Waals surface area contributed by atoms with Gasteiger partial charge in [0.2, 0.25) is 53.2 Å². The zero-order chi connectivity index (χ0) is 59.8. The molecule has 0 spiro atoms. The van der Waals surface area contributed by atoms with E-state index in [0.717, 1.165) is 6.92 Å². The summed E-state index contributed by atoms with van der Waals surface area (Å²) < 4.78 is 0. The van der Waals surface area contributed by atoms with Gasteiger partial charge in [-0.25, -0.2) is 9.78 Å². The molecule has 1 aromatic carbocycles. The molecule has 1 fully saturated rings. The lowest BCUT2D eigenvalue weighted by Crippen LogP contribution is -2.61. The van der Waals surface area contributed by atoms with Crippen LogP contribution in [0.2, 0.25) is 0 Å². The van der Waals surface area contributed by atoms with Crippen LogP contribution in [-0.2, 0) is 65.6 Å². The van der Waals surface area contributed by atoms with Crippen molar-refractivity contribution in [3.8, 4) is 5.75 Å². The number of aliphatic carboxylic acids is 2. The van der Waals surface area contributed by atoms with Crippen molar-refractivity contribution in [3.63, 3.8) is 0 Å². The fourth-order valence-corrected chi connectivity index (χ4v) is 8.26. The number of aliphatic hydroxyl groups excluding tert-OH is 2. The van der Waals surface area contributed by atoms with Gasteiger partial charge in [-0.05, 0) is 69.1 Å². The Morgan fingerprint density at radius 1 is 0.738 bits per heavy atom. The molecule has 0 bridgehead atoms. The monoisotopic (exact) mass is 1130 g/mol. The number of hydrogen-bond acceptors (Lipinski definition) is 17. The molecule has 31 heteroatoms. The van der Waals surface area contributed by atoms with E-state index in [2.05, 4.69) is 52.2 Å². The number of phenolic OH excluding ortho intramolecular Hbond substituents is 1. The number of imidazole rings is 1. The Hall–Kier alpha value is -8.45. The van der Waals surface area contributed by atoms with Crippen molar-refractivity contribution in [3.05, 3.63) is 48.0 Å². The lowest BCUT2D eigenvalue weighted by atomic mass is 9.96.